The maximum Gasteiger partial charge on any atom is 0.234 e. The molecule has 8 nitrogen and oxygen atoms in total. The van der Waals surface area contributed by atoms with Crippen molar-refractivity contribution >= 4 is 11.6 Å². The maximum atomic E-state index is 13.0. The van der Waals surface area contributed by atoms with Crippen LogP contribution in [0.25, 0.3) is 11.4 Å². The number of methoxy groups -OCH3 is 2. The first-order chi connectivity index (χ1) is 13.4. The van der Waals surface area contributed by atoms with E-state index in [0.717, 1.165) is 11.1 Å². The zero-order valence-corrected chi connectivity index (χ0v) is 16.6. The Morgan fingerprint density at radius 2 is 1.82 bits per heavy atom. The summed E-state index contributed by atoms with van der Waals surface area (Å²) >= 11 is 0. The molecule has 0 bridgehead atoms. The van der Waals surface area contributed by atoms with Crippen LogP contribution in [-0.2, 0) is 17.3 Å². The normalized spacial score (nSPS) is 11.2. The summed E-state index contributed by atoms with van der Waals surface area (Å²) in [5.41, 5.74) is 1.51. The molecule has 1 N–H and O–H groups in total. The predicted molar refractivity (Wildman–Crippen MR) is 105 cm³/mol. The number of carbonyl (C=O) groups is 1. The van der Waals surface area contributed by atoms with Crippen molar-refractivity contribution in [3.63, 3.8) is 0 Å². The molecule has 0 unspecified atom stereocenters. The van der Waals surface area contributed by atoms with Crippen molar-refractivity contribution in [2.45, 2.75) is 19.3 Å². The molecule has 1 aromatic heterocycles. The minimum absolute atomic E-state index is 0.145. The molecule has 0 atom stereocenters. The summed E-state index contributed by atoms with van der Waals surface area (Å²) in [4.78, 5) is 13.0. The van der Waals surface area contributed by atoms with Gasteiger partial charge in [0.25, 0.3) is 0 Å². The van der Waals surface area contributed by atoms with E-state index in [1.807, 2.05) is 50.2 Å². The van der Waals surface area contributed by atoms with Crippen molar-refractivity contribution in [1.29, 1.82) is 0 Å². The molecular formula is C20H23N5O3. The highest BCUT2D eigenvalue weighted by molar-refractivity contribution is 5.99. The van der Waals surface area contributed by atoms with Gasteiger partial charge in [0.1, 0.15) is 0 Å². The lowest BCUT2D eigenvalue weighted by Crippen LogP contribution is -2.34. The smallest absolute Gasteiger partial charge is 0.234 e. The molecule has 1 heterocycles. The molecule has 0 aliphatic heterocycles. The molecule has 0 saturated carbocycles. The minimum Gasteiger partial charge on any atom is -0.493 e. The van der Waals surface area contributed by atoms with Crippen molar-refractivity contribution in [3.05, 3.63) is 48.0 Å². The van der Waals surface area contributed by atoms with Crippen LogP contribution < -0.4 is 14.8 Å². The van der Waals surface area contributed by atoms with E-state index in [1.165, 1.54) is 0 Å². The van der Waals surface area contributed by atoms with Gasteiger partial charge < -0.3 is 14.8 Å². The summed E-state index contributed by atoms with van der Waals surface area (Å²) < 4.78 is 12.2. The molecule has 3 aromatic rings. The first-order valence-corrected chi connectivity index (χ1v) is 8.73. The molecule has 0 spiro atoms. The number of carbonyl (C=O) groups excluding carboxylic acids is 1. The number of rotatable bonds is 6. The van der Waals surface area contributed by atoms with Crippen molar-refractivity contribution in [1.82, 2.24) is 20.2 Å². The maximum absolute atomic E-state index is 13.0. The van der Waals surface area contributed by atoms with Gasteiger partial charge in [0.2, 0.25) is 5.91 Å². The first kappa shape index (κ1) is 19.3. The summed E-state index contributed by atoms with van der Waals surface area (Å²) in [5, 5.41) is 14.5. The fraction of sp³-hybridized carbons (Fsp3) is 0.300. The summed E-state index contributed by atoms with van der Waals surface area (Å²) in [6.07, 6.45) is 0. The van der Waals surface area contributed by atoms with E-state index < -0.39 is 5.41 Å². The standard InChI is InChI=1S/C20H23N5O3/c1-20(2,14-9-10-16(27-4)17(12-14)28-5)19(26)21-15-8-6-7-13(11-15)18-22-23-24-25(18)3/h6-12H,1-5H3,(H,21,26). The molecule has 2 aromatic carbocycles. The van der Waals surface area contributed by atoms with E-state index >= 15 is 0 Å². The average Bonchev–Trinajstić information content (AvgIpc) is 3.13. The molecule has 146 valence electrons. The summed E-state index contributed by atoms with van der Waals surface area (Å²) in [6, 6.07) is 12.9. The second kappa shape index (κ2) is 7.67. The topological polar surface area (TPSA) is 91.2 Å². The van der Waals surface area contributed by atoms with Gasteiger partial charge in [-0.05, 0) is 54.1 Å². The Labute approximate surface area is 163 Å². The summed E-state index contributed by atoms with van der Waals surface area (Å²) in [6.45, 7) is 3.72. The van der Waals surface area contributed by atoms with Gasteiger partial charge in [-0.1, -0.05) is 18.2 Å². The highest BCUT2D eigenvalue weighted by Gasteiger charge is 2.31. The number of nitrogens with zero attached hydrogens (tertiary/aromatic N) is 4. The number of tetrazole rings is 1. The van der Waals surface area contributed by atoms with Crippen LogP contribution in [0.5, 0.6) is 11.5 Å². The summed E-state index contributed by atoms with van der Waals surface area (Å²) in [5.74, 6) is 1.67. The Morgan fingerprint density at radius 3 is 2.46 bits per heavy atom. The summed E-state index contributed by atoms with van der Waals surface area (Å²) in [7, 11) is 4.91. The number of benzene rings is 2. The van der Waals surface area contributed by atoms with Gasteiger partial charge in [-0.3, -0.25) is 4.79 Å². The molecule has 0 aliphatic carbocycles. The third-order valence-electron chi connectivity index (χ3n) is 4.67. The molecule has 0 radical (unpaired) electrons. The second-order valence-corrected chi connectivity index (χ2v) is 6.86. The number of aromatic nitrogens is 4. The van der Waals surface area contributed by atoms with Crippen LogP contribution in [0.2, 0.25) is 0 Å². The van der Waals surface area contributed by atoms with Crippen molar-refractivity contribution in [2.75, 3.05) is 19.5 Å². The van der Waals surface area contributed by atoms with E-state index in [1.54, 1.807) is 32.0 Å². The lowest BCUT2D eigenvalue weighted by atomic mass is 9.83. The third-order valence-corrected chi connectivity index (χ3v) is 4.67. The van der Waals surface area contributed by atoms with Crippen LogP contribution in [0, 0.1) is 0 Å². The number of anilines is 1. The molecule has 0 fully saturated rings. The van der Waals surface area contributed by atoms with Crippen LogP contribution in [0.3, 0.4) is 0 Å². The largest absolute Gasteiger partial charge is 0.493 e. The third kappa shape index (κ3) is 3.66. The van der Waals surface area contributed by atoms with Crippen molar-refractivity contribution in [2.24, 2.45) is 7.05 Å². The number of hydrogen-bond acceptors (Lipinski definition) is 6. The predicted octanol–water partition coefficient (Wildman–Crippen LogP) is 2.81. The van der Waals surface area contributed by atoms with Gasteiger partial charge in [0.15, 0.2) is 17.3 Å². The monoisotopic (exact) mass is 381 g/mol. The Kier molecular flexibility index (Phi) is 5.30. The Balaban J connectivity index is 1.85. The number of nitrogens with one attached hydrogen (secondary N) is 1. The van der Waals surface area contributed by atoms with E-state index in [2.05, 4.69) is 20.8 Å². The fourth-order valence-corrected chi connectivity index (χ4v) is 2.85. The van der Waals surface area contributed by atoms with E-state index in [9.17, 15) is 4.79 Å². The number of aryl methyl sites for hydroxylation is 1. The van der Waals surface area contributed by atoms with Crippen molar-refractivity contribution < 1.29 is 14.3 Å². The lowest BCUT2D eigenvalue weighted by Gasteiger charge is -2.25. The zero-order valence-electron chi connectivity index (χ0n) is 16.6. The zero-order chi connectivity index (χ0) is 20.3. The Morgan fingerprint density at radius 1 is 1.07 bits per heavy atom. The molecule has 28 heavy (non-hydrogen) atoms. The van der Waals surface area contributed by atoms with Crippen LogP contribution in [0.4, 0.5) is 5.69 Å². The number of ether oxygens (including phenoxy) is 2. The van der Waals surface area contributed by atoms with Crippen LogP contribution >= 0.6 is 0 Å². The van der Waals surface area contributed by atoms with Crippen LogP contribution in [-0.4, -0.2) is 40.3 Å². The molecular weight excluding hydrogens is 358 g/mol. The molecule has 1 amide bonds. The highest BCUT2D eigenvalue weighted by Crippen LogP contribution is 2.34. The second-order valence-electron chi connectivity index (χ2n) is 6.86. The molecule has 8 heteroatoms. The average molecular weight is 381 g/mol. The number of hydrogen-bond donors (Lipinski definition) is 1. The van der Waals surface area contributed by atoms with Gasteiger partial charge in [-0.25, -0.2) is 4.68 Å². The minimum atomic E-state index is -0.790. The fourth-order valence-electron chi connectivity index (χ4n) is 2.85. The van der Waals surface area contributed by atoms with Gasteiger partial charge in [-0.15, -0.1) is 5.10 Å². The first-order valence-electron chi connectivity index (χ1n) is 8.73. The van der Waals surface area contributed by atoms with Crippen LogP contribution in [0.15, 0.2) is 42.5 Å². The van der Waals surface area contributed by atoms with Gasteiger partial charge in [-0.2, -0.15) is 0 Å². The number of amides is 1. The van der Waals surface area contributed by atoms with Crippen LogP contribution in [0.1, 0.15) is 19.4 Å². The Bertz CT molecular complexity index is 997. The molecule has 3 rings (SSSR count). The van der Waals surface area contributed by atoms with Gasteiger partial charge in [0, 0.05) is 18.3 Å². The van der Waals surface area contributed by atoms with E-state index in [4.69, 9.17) is 9.47 Å². The SMILES string of the molecule is COc1ccc(C(C)(C)C(=O)Nc2cccc(-c3nnnn3C)c2)cc1OC. The lowest BCUT2D eigenvalue weighted by molar-refractivity contribution is -0.120. The Hall–Kier alpha value is -3.42. The van der Waals surface area contributed by atoms with Gasteiger partial charge >= 0.3 is 0 Å². The van der Waals surface area contributed by atoms with E-state index in [0.29, 0.717) is 23.0 Å². The molecule has 0 aliphatic rings. The highest BCUT2D eigenvalue weighted by atomic mass is 16.5. The van der Waals surface area contributed by atoms with Crippen molar-refractivity contribution in [3.8, 4) is 22.9 Å². The molecule has 0 saturated heterocycles. The van der Waals surface area contributed by atoms with Gasteiger partial charge in [0.05, 0.1) is 19.6 Å². The quantitative estimate of drug-likeness (QED) is 0.706. The van der Waals surface area contributed by atoms with E-state index in [-0.39, 0.29) is 5.91 Å².